The maximum absolute atomic E-state index is 12.8. The number of aromatic nitrogens is 6. The molecule has 8 nitrogen and oxygen atoms in total. The lowest BCUT2D eigenvalue weighted by molar-refractivity contribution is 0.0932. The number of carbonyl (C=O) groups is 1. The van der Waals surface area contributed by atoms with Gasteiger partial charge in [-0.15, -0.1) is 5.10 Å². The predicted molar refractivity (Wildman–Crippen MR) is 85.5 cm³/mol. The molecule has 1 aromatic carbocycles. The third kappa shape index (κ3) is 2.45. The molecule has 2 aromatic heterocycles. The molecule has 4 rings (SSSR count). The number of amides is 1. The molecule has 1 atom stereocenters. The lowest BCUT2D eigenvalue weighted by Gasteiger charge is -2.24. The first-order chi connectivity index (χ1) is 11.7. The number of benzene rings is 1. The van der Waals surface area contributed by atoms with Crippen LogP contribution in [0.2, 0.25) is 0 Å². The molecule has 3 aromatic rings. The second-order valence-corrected chi connectivity index (χ2v) is 5.86. The van der Waals surface area contributed by atoms with E-state index in [9.17, 15) is 4.79 Å². The van der Waals surface area contributed by atoms with Gasteiger partial charge in [-0.2, -0.15) is 9.78 Å². The molecule has 2 heterocycles. The fourth-order valence-corrected chi connectivity index (χ4v) is 3.23. The van der Waals surface area contributed by atoms with Crippen molar-refractivity contribution in [3.63, 3.8) is 0 Å². The topological polar surface area (TPSA) is 90.5 Å². The van der Waals surface area contributed by atoms with Crippen molar-refractivity contribution in [1.82, 2.24) is 35.3 Å². The van der Waals surface area contributed by atoms with Crippen molar-refractivity contribution in [2.24, 2.45) is 7.05 Å². The van der Waals surface area contributed by atoms with Gasteiger partial charge in [-0.05, 0) is 41.8 Å². The Morgan fingerprint density at radius 2 is 2.21 bits per heavy atom. The standard InChI is InChI=1S/C16H17N7O/c1-22-14-8-4-6-13(12(14)9-18-22)19-16(24)11-5-2-3-7-15(11)23-10-17-20-21-23/h2-3,5,7,9-10,13H,4,6,8H2,1H3,(H,19,24)/t13-/m1/s1. The summed E-state index contributed by atoms with van der Waals surface area (Å²) in [6.07, 6.45) is 6.28. The van der Waals surface area contributed by atoms with Crippen LogP contribution in [0.5, 0.6) is 0 Å². The average molecular weight is 323 g/mol. The molecular formula is C16H17N7O. The maximum Gasteiger partial charge on any atom is 0.253 e. The largest absolute Gasteiger partial charge is 0.345 e. The fraction of sp³-hybridized carbons (Fsp3) is 0.312. The van der Waals surface area contributed by atoms with E-state index in [0.29, 0.717) is 11.3 Å². The Kier molecular flexibility index (Phi) is 3.56. The van der Waals surface area contributed by atoms with E-state index in [4.69, 9.17) is 0 Å². The van der Waals surface area contributed by atoms with Gasteiger partial charge in [0, 0.05) is 18.3 Å². The number of tetrazole rings is 1. The number of nitrogens with one attached hydrogen (secondary N) is 1. The van der Waals surface area contributed by atoms with Crippen LogP contribution in [-0.2, 0) is 13.5 Å². The number of nitrogens with zero attached hydrogens (tertiary/aromatic N) is 6. The van der Waals surface area contributed by atoms with Crippen molar-refractivity contribution in [3.05, 3.63) is 53.6 Å². The van der Waals surface area contributed by atoms with Gasteiger partial charge in [0.25, 0.3) is 5.91 Å². The van der Waals surface area contributed by atoms with E-state index in [-0.39, 0.29) is 11.9 Å². The third-order valence-electron chi connectivity index (χ3n) is 4.43. The fourth-order valence-electron chi connectivity index (χ4n) is 3.23. The molecule has 0 fully saturated rings. The quantitative estimate of drug-likeness (QED) is 0.782. The number of fused-ring (bicyclic) bond motifs is 1. The minimum absolute atomic E-state index is 0.0168. The molecule has 1 amide bonds. The zero-order valence-corrected chi connectivity index (χ0v) is 13.3. The molecule has 0 saturated heterocycles. The average Bonchev–Trinajstić information content (AvgIpc) is 3.26. The van der Waals surface area contributed by atoms with E-state index < -0.39 is 0 Å². The van der Waals surface area contributed by atoms with Crippen molar-refractivity contribution in [1.29, 1.82) is 0 Å². The Labute approximate surface area is 138 Å². The van der Waals surface area contributed by atoms with Crippen LogP contribution in [0.4, 0.5) is 0 Å². The van der Waals surface area contributed by atoms with Crippen LogP contribution in [0.3, 0.4) is 0 Å². The first-order valence-electron chi connectivity index (χ1n) is 7.88. The number of hydrogen-bond acceptors (Lipinski definition) is 5. The van der Waals surface area contributed by atoms with Gasteiger partial charge in [-0.3, -0.25) is 9.48 Å². The van der Waals surface area contributed by atoms with Crippen LogP contribution in [-0.4, -0.2) is 35.9 Å². The van der Waals surface area contributed by atoms with Crippen molar-refractivity contribution < 1.29 is 4.79 Å². The summed E-state index contributed by atoms with van der Waals surface area (Å²) >= 11 is 0. The van der Waals surface area contributed by atoms with Crippen molar-refractivity contribution in [3.8, 4) is 5.69 Å². The molecule has 0 unspecified atom stereocenters. The molecule has 1 aliphatic carbocycles. The Bertz CT molecular complexity index is 868. The molecule has 24 heavy (non-hydrogen) atoms. The number of hydrogen-bond donors (Lipinski definition) is 1. The van der Waals surface area contributed by atoms with Crippen molar-refractivity contribution in [2.75, 3.05) is 0 Å². The van der Waals surface area contributed by atoms with Gasteiger partial charge in [-0.25, -0.2) is 0 Å². The van der Waals surface area contributed by atoms with Crippen LogP contribution < -0.4 is 5.32 Å². The summed E-state index contributed by atoms with van der Waals surface area (Å²) in [5.41, 5.74) is 3.50. The van der Waals surface area contributed by atoms with Crippen molar-refractivity contribution >= 4 is 5.91 Å². The molecule has 122 valence electrons. The smallest absolute Gasteiger partial charge is 0.253 e. The van der Waals surface area contributed by atoms with Crippen LogP contribution in [0.15, 0.2) is 36.8 Å². The second-order valence-electron chi connectivity index (χ2n) is 5.86. The van der Waals surface area contributed by atoms with E-state index >= 15 is 0 Å². The number of para-hydroxylation sites is 1. The summed E-state index contributed by atoms with van der Waals surface area (Å²) in [5.74, 6) is -0.136. The van der Waals surface area contributed by atoms with Gasteiger partial charge in [0.1, 0.15) is 6.33 Å². The molecular weight excluding hydrogens is 306 g/mol. The minimum Gasteiger partial charge on any atom is -0.345 e. The van der Waals surface area contributed by atoms with Gasteiger partial charge >= 0.3 is 0 Å². The maximum atomic E-state index is 12.8. The van der Waals surface area contributed by atoms with Gasteiger partial charge in [0.15, 0.2) is 0 Å². The Balaban J connectivity index is 1.62. The summed E-state index contributed by atoms with van der Waals surface area (Å²) in [5, 5.41) is 18.6. The first kappa shape index (κ1) is 14.6. The lowest BCUT2D eigenvalue weighted by Crippen LogP contribution is -2.31. The van der Waals surface area contributed by atoms with Crippen molar-refractivity contribution in [2.45, 2.75) is 25.3 Å². The number of rotatable bonds is 3. The highest BCUT2D eigenvalue weighted by Crippen LogP contribution is 2.29. The van der Waals surface area contributed by atoms with E-state index in [1.165, 1.54) is 16.7 Å². The summed E-state index contributed by atoms with van der Waals surface area (Å²) in [6.45, 7) is 0. The monoisotopic (exact) mass is 323 g/mol. The highest BCUT2D eigenvalue weighted by Gasteiger charge is 2.26. The van der Waals surface area contributed by atoms with E-state index in [2.05, 4.69) is 25.9 Å². The highest BCUT2D eigenvalue weighted by atomic mass is 16.1. The van der Waals surface area contributed by atoms with E-state index in [0.717, 1.165) is 24.8 Å². The summed E-state index contributed by atoms with van der Waals surface area (Å²) in [6, 6.07) is 7.27. The lowest BCUT2D eigenvalue weighted by atomic mass is 9.92. The summed E-state index contributed by atoms with van der Waals surface area (Å²) in [4.78, 5) is 12.8. The zero-order chi connectivity index (χ0) is 16.5. The Morgan fingerprint density at radius 3 is 3.04 bits per heavy atom. The molecule has 0 radical (unpaired) electrons. The molecule has 1 aliphatic rings. The summed E-state index contributed by atoms with van der Waals surface area (Å²) in [7, 11) is 1.94. The first-order valence-corrected chi connectivity index (χ1v) is 7.88. The third-order valence-corrected chi connectivity index (χ3v) is 4.43. The molecule has 0 bridgehead atoms. The molecule has 1 N–H and O–H groups in total. The molecule has 0 spiro atoms. The molecule has 0 aliphatic heterocycles. The normalized spacial score (nSPS) is 16.6. The minimum atomic E-state index is -0.136. The highest BCUT2D eigenvalue weighted by molar-refractivity contribution is 5.98. The second kappa shape index (κ2) is 5.88. The van der Waals surface area contributed by atoms with Crippen LogP contribution >= 0.6 is 0 Å². The van der Waals surface area contributed by atoms with E-state index in [1.54, 1.807) is 6.07 Å². The van der Waals surface area contributed by atoms with E-state index in [1.807, 2.05) is 36.1 Å². The Hall–Kier alpha value is -3.03. The molecule has 0 saturated carbocycles. The van der Waals surface area contributed by atoms with Gasteiger partial charge in [0.05, 0.1) is 23.5 Å². The molecule has 8 heteroatoms. The number of aryl methyl sites for hydroxylation is 1. The predicted octanol–water partition coefficient (Wildman–Crippen LogP) is 1.20. The number of carbonyl (C=O) groups excluding carboxylic acids is 1. The van der Waals surface area contributed by atoms with Crippen LogP contribution in [0.25, 0.3) is 5.69 Å². The van der Waals surface area contributed by atoms with Crippen LogP contribution in [0.1, 0.15) is 40.5 Å². The SMILES string of the molecule is Cn1ncc2c1CCC[C@H]2NC(=O)c1ccccc1-n1cnnn1. The van der Waals surface area contributed by atoms with Gasteiger partial charge in [0.2, 0.25) is 0 Å². The summed E-state index contributed by atoms with van der Waals surface area (Å²) < 4.78 is 3.38. The van der Waals surface area contributed by atoms with Gasteiger partial charge in [-0.1, -0.05) is 12.1 Å². The van der Waals surface area contributed by atoms with Crippen LogP contribution in [0, 0.1) is 0 Å². The zero-order valence-electron chi connectivity index (χ0n) is 13.3. The Morgan fingerprint density at radius 1 is 1.33 bits per heavy atom. The van der Waals surface area contributed by atoms with Gasteiger partial charge < -0.3 is 5.32 Å².